The van der Waals surface area contributed by atoms with Crippen LogP contribution in [0.5, 0.6) is 0 Å². The Bertz CT molecular complexity index is 360. The summed E-state index contributed by atoms with van der Waals surface area (Å²) in [5, 5.41) is 0. The Kier molecular flexibility index (Phi) is 20.3. The van der Waals surface area contributed by atoms with Crippen molar-refractivity contribution >= 4 is 11.9 Å². The molecule has 0 saturated heterocycles. The molecule has 0 atom stereocenters. The molecule has 0 aromatic carbocycles. The van der Waals surface area contributed by atoms with Crippen molar-refractivity contribution in [1.82, 2.24) is 0 Å². The molecule has 0 heterocycles. The minimum absolute atomic E-state index is 0.339. The second-order valence-electron chi connectivity index (χ2n) is 4.12. The lowest BCUT2D eigenvalue weighted by atomic mass is 10.3. The normalized spacial score (nSPS) is 9.75. The molecule has 0 bridgehead atoms. The molecule has 0 aliphatic carbocycles. The van der Waals surface area contributed by atoms with Crippen molar-refractivity contribution < 1.29 is 28.5 Å². The lowest BCUT2D eigenvalue weighted by molar-refractivity contribution is -0.140. The van der Waals surface area contributed by atoms with E-state index in [0.717, 1.165) is 0 Å². The van der Waals surface area contributed by atoms with Gasteiger partial charge >= 0.3 is 11.9 Å². The van der Waals surface area contributed by atoms with Crippen LogP contribution in [0.1, 0.15) is 26.7 Å². The molecule has 6 heteroatoms. The molecule has 0 amide bonds. The van der Waals surface area contributed by atoms with Gasteiger partial charge in [-0.05, 0) is 26.7 Å². The van der Waals surface area contributed by atoms with Crippen LogP contribution < -0.4 is 0 Å². The van der Waals surface area contributed by atoms with Gasteiger partial charge in [-0.1, -0.05) is 25.3 Å². The van der Waals surface area contributed by atoms with Crippen molar-refractivity contribution in [2.24, 2.45) is 0 Å². The summed E-state index contributed by atoms with van der Waals surface area (Å²) in [5.74, 6) is -0.679. The van der Waals surface area contributed by atoms with Crippen molar-refractivity contribution in [1.29, 1.82) is 0 Å². The van der Waals surface area contributed by atoms with Crippen LogP contribution in [0.2, 0.25) is 0 Å². The Balaban J connectivity index is 0. The lowest BCUT2D eigenvalue weighted by Crippen LogP contribution is -2.05. The van der Waals surface area contributed by atoms with Crippen molar-refractivity contribution in [2.75, 3.05) is 26.4 Å². The summed E-state index contributed by atoms with van der Waals surface area (Å²) < 4.78 is 19.2. The number of allylic oxidation sites excluding steroid dienone is 2. The molecule has 24 heavy (non-hydrogen) atoms. The second kappa shape index (κ2) is 20.5. The lowest BCUT2D eigenvalue weighted by Gasteiger charge is -2.02. The van der Waals surface area contributed by atoms with Crippen molar-refractivity contribution in [3.05, 3.63) is 50.0 Å². The highest BCUT2D eigenvalue weighted by molar-refractivity contribution is 5.82. The Hall–Kier alpha value is -2.50. The number of carbonyl (C=O) groups excluding carboxylic acids is 2. The first kappa shape index (κ1) is 23.8. The highest BCUT2D eigenvalue weighted by Gasteiger charge is 1.98. The third-order valence-electron chi connectivity index (χ3n) is 2.19. The van der Waals surface area contributed by atoms with E-state index in [1.165, 1.54) is 24.7 Å². The molecule has 0 fully saturated rings. The molecular formula is C18H28O6. The standard InChI is InChI=1S/C12H18O4.C6H10O2/c1-3-7-11(13)15-9-5-6-10-16-12(14)8-4-2;1-3-7-5-6-8-4-2/h3-4,7-8H,5-6,9-10H2,1-2H3;3-4H,1-2,5-6H2/b7-3+,8-4+;. The highest BCUT2D eigenvalue weighted by Crippen LogP contribution is 1.93. The molecule has 0 rings (SSSR count). The van der Waals surface area contributed by atoms with Gasteiger partial charge in [-0.3, -0.25) is 0 Å². The zero-order chi connectivity index (χ0) is 18.5. The number of ether oxygens (including phenoxy) is 4. The van der Waals surface area contributed by atoms with E-state index in [2.05, 4.69) is 13.2 Å². The molecule has 0 N–H and O–H groups in total. The van der Waals surface area contributed by atoms with E-state index < -0.39 is 0 Å². The first-order valence-corrected chi connectivity index (χ1v) is 7.66. The first-order chi connectivity index (χ1) is 11.6. The van der Waals surface area contributed by atoms with E-state index in [1.54, 1.807) is 26.0 Å². The van der Waals surface area contributed by atoms with Crippen LogP contribution in [0.3, 0.4) is 0 Å². The van der Waals surface area contributed by atoms with Gasteiger partial charge in [-0.15, -0.1) is 0 Å². The predicted octanol–water partition coefficient (Wildman–Crippen LogP) is 3.31. The molecule has 0 aliphatic rings. The average Bonchev–Trinajstić information content (AvgIpc) is 2.56. The SMILES string of the molecule is C/C=C/C(=O)OCCCCOC(=O)/C=C/C.C=COCCOC=C. The fourth-order valence-electron chi connectivity index (χ4n) is 1.18. The van der Waals surface area contributed by atoms with Gasteiger partial charge in [0, 0.05) is 12.2 Å². The summed E-state index contributed by atoms with van der Waals surface area (Å²) in [5.41, 5.74) is 0. The van der Waals surface area contributed by atoms with Gasteiger partial charge in [-0.2, -0.15) is 0 Å². The third-order valence-corrected chi connectivity index (χ3v) is 2.19. The maximum atomic E-state index is 10.9. The van der Waals surface area contributed by atoms with E-state index >= 15 is 0 Å². The molecular weight excluding hydrogens is 312 g/mol. The maximum Gasteiger partial charge on any atom is 0.330 e. The van der Waals surface area contributed by atoms with E-state index in [0.29, 0.717) is 39.3 Å². The van der Waals surface area contributed by atoms with Crippen molar-refractivity contribution in [3.63, 3.8) is 0 Å². The fourth-order valence-corrected chi connectivity index (χ4v) is 1.18. The van der Waals surface area contributed by atoms with Crippen LogP contribution in [-0.4, -0.2) is 38.4 Å². The van der Waals surface area contributed by atoms with Gasteiger partial charge in [0.15, 0.2) is 0 Å². The molecule has 0 aliphatic heterocycles. The molecule has 0 aromatic heterocycles. The summed E-state index contributed by atoms with van der Waals surface area (Å²) in [6.45, 7) is 12.0. The molecule has 6 nitrogen and oxygen atoms in total. The topological polar surface area (TPSA) is 71.1 Å². The van der Waals surface area contributed by atoms with Gasteiger partial charge in [-0.25, -0.2) is 9.59 Å². The number of unbranched alkanes of at least 4 members (excludes halogenated alkanes) is 1. The largest absolute Gasteiger partial charge is 0.498 e. The summed E-state index contributed by atoms with van der Waals surface area (Å²) in [4.78, 5) is 21.7. The van der Waals surface area contributed by atoms with E-state index in [1.807, 2.05) is 0 Å². The summed E-state index contributed by atoms with van der Waals surface area (Å²) >= 11 is 0. The van der Waals surface area contributed by atoms with Gasteiger partial charge in [0.1, 0.15) is 13.2 Å². The third kappa shape index (κ3) is 21.8. The molecule has 0 radical (unpaired) electrons. The van der Waals surface area contributed by atoms with Crippen LogP contribution in [0.25, 0.3) is 0 Å². The zero-order valence-corrected chi connectivity index (χ0v) is 14.6. The van der Waals surface area contributed by atoms with Crippen LogP contribution in [0, 0.1) is 0 Å². The second-order valence-corrected chi connectivity index (χ2v) is 4.12. The van der Waals surface area contributed by atoms with E-state index in [9.17, 15) is 9.59 Å². The zero-order valence-electron chi connectivity index (χ0n) is 14.6. The predicted molar refractivity (Wildman–Crippen MR) is 93.1 cm³/mol. The Morgan fingerprint density at radius 3 is 1.42 bits per heavy atom. The van der Waals surface area contributed by atoms with Gasteiger partial charge < -0.3 is 18.9 Å². The van der Waals surface area contributed by atoms with Crippen LogP contribution in [0.15, 0.2) is 50.0 Å². The Morgan fingerprint density at radius 2 is 1.12 bits per heavy atom. The Labute approximate surface area is 144 Å². The van der Waals surface area contributed by atoms with Gasteiger partial charge in [0.05, 0.1) is 25.7 Å². The summed E-state index contributed by atoms with van der Waals surface area (Å²) in [6.07, 6.45) is 10.1. The number of rotatable bonds is 12. The molecule has 0 spiro atoms. The number of hydrogen-bond donors (Lipinski definition) is 0. The van der Waals surface area contributed by atoms with E-state index in [4.69, 9.17) is 18.9 Å². The van der Waals surface area contributed by atoms with E-state index in [-0.39, 0.29) is 11.9 Å². The number of esters is 2. The summed E-state index contributed by atoms with van der Waals surface area (Å²) in [6, 6.07) is 0. The van der Waals surface area contributed by atoms with Crippen LogP contribution in [-0.2, 0) is 28.5 Å². The van der Waals surface area contributed by atoms with Gasteiger partial charge in [0.25, 0.3) is 0 Å². The minimum Gasteiger partial charge on any atom is -0.498 e. The minimum atomic E-state index is -0.339. The van der Waals surface area contributed by atoms with Gasteiger partial charge in [0.2, 0.25) is 0 Å². The molecule has 0 saturated carbocycles. The number of carbonyl (C=O) groups is 2. The first-order valence-electron chi connectivity index (χ1n) is 7.66. The van der Waals surface area contributed by atoms with Crippen LogP contribution in [0.4, 0.5) is 0 Å². The smallest absolute Gasteiger partial charge is 0.330 e. The molecule has 0 aromatic rings. The molecule has 0 unspecified atom stereocenters. The summed E-state index contributed by atoms with van der Waals surface area (Å²) in [7, 11) is 0. The molecule has 136 valence electrons. The number of hydrogen-bond acceptors (Lipinski definition) is 6. The average molecular weight is 340 g/mol. The monoisotopic (exact) mass is 340 g/mol. The highest BCUT2D eigenvalue weighted by atomic mass is 16.5. The Morgan fingerprint density at radius 1 is 0.750 bits per heavy atom. The van der Waals surface area contributed by atoms with Crippen LogP contribution >= 0.6 is 0 Å². The van der Waals surface area contributed by atoms with Crippen molar-refractivity contribution in [2.45, 2.75) is 26.7 Å². The fraction of sp³-hybridized carbons (Fsp3) is 0.444. The quantitative estimate of drug-likeness (QED) is 0.235. The maximum absolute atomic E-state index is 10.9. The van der Waals surface area contributed by atoms with Crippen molar-refractivity contribution in [3.8, 4) is 0 Å².